The fourth-order valence-electron chi connectivity index (χ4n) is 3.32. The predicted molar refractivity (Wildman–Crippen MR) is 106 cm³/mol. The number of nitro benzene ring substituents is 1. The first-order valence-corrected chi connectivity index (χ1v) is 8.88. The first-order chi connectivity index (χ1) is 13.6. The maximum Gasteiger partial charge on any atom is 0.269 e. The monoisotopic (exact) mass is 371 g/mol. The van der Waals surface area contributed by atoms with Crippen molar-refractivity contribution in [3.8, 4) is 0 Å². The molecule has 1 aromatic heterocycles. The Labute approximate surface area is 161 Å². The molecule has 0 aliphatic rings. The summed E-state index contributed by atoms with van der Waals surface area (Å²) in [7, 11) is 0. The Morgan fingerprint density at radius 3 is 2.36 bits per heavy atom. The molecule has 0 saturated carbocycles. The first kappa shape index (κ1) is 17.6. The summed E-state index contributed by atoms with van der Waals surface area (Å²) in [5, 5.41) is 16.5. The second kappa shape index (κ2) is 7.44. The molecule has 0 bridgehead atoms. The van der Waals surface area contributed by atoms with Crippen LogP contribution in [0.4, 0.5) is 5.69 Å². The van der Waals surface area contributed by atoms with Crippen LogP contribution in [0.5, 0.6) is 0 Å². The van der Waals surface area contributed by atoms with Gasteiger partial charge in [-0.15, -0.1) is 0 Å². The zero-order valence-electron chi connectivity index (χ0n) is 14.9. The van der Waals surface area contributed by atoms with Gasteiger partial charge in [0.1, 0.15) is 0 Å². The van der Waals surface area contributed by atoms with Crippen molar-refractivity contribution < 1.29 is 9.72 Å². The molecule has 1 heterocycles. The number of hydrogen-bond donors (Lipinski definition) is 0. The second-order valence-electron chi connectivity index (χ2n) is 6.51. The predicted octanol–water partition coefficient (Wildman–Crippen LogP) is 4.81. The molecule has 0 aliphatic carbocycles. The van der Waals surface area contributed by atoms with E-state index in [0.717, 1.165) is 16.5 Å². The average molecular weight is 371 g/mol. The van der Waals surface area contributed by atoms with Gasteiger partial charge in [-0.05, 0) is 11.6 Å². The summed E-state index contributed by atoms with van der Waals surface area (Å²) in [5.41, 5.74) is 2.35. The Balaban J connectivity index is 1.76. The molecule has 0 fully saturated rings. The van der Waals surface area contributed by atoms with E-state index in [1.807, 2.05) is 47.1 Å². The molecule has 3 aromatic carbocycles. The van der Waals surface area contributed by atoms with Crippen molar-refractivity contribution in [2.75, 3.05) is 0 Å². The molecule has 6 heteroatoms. The number of fused-ring (bicyclic) bond motifs is 1. The highest BCUT2D eigenvalue weighted by molar-refractivity contribution is 5.96. The minimum Gasteiger partial charge on any atom is -0.294 e. The summed E-state index contributed by atoms with van der Waals surface area (Å²) >= 11 is 0. The van der Waals surface area contributed by atoms with Crippen molar-refractivity contribution in [2.24, 2.45) is 0 Å². The van der Waals surface area contributed by atoms with E-state index in [0.29, 0.717) is 5.56 Å². The van der Waals surface area contributed by atoms with Crippen molar-refractivity contribution in [3.63, 3.8) is 0 Å². The minimum absolute atomic E-state index is 0.0106. The van der Waals surface area contributed by atoms with Gasteiger partial charge < -0.3 is 0 Å². The number of hydrogen-bond acceptors (Lipinski definition) is 4. The topological polar surface area (TPSA) is 78.0 Å². The Bertz CT molecular complexity index is 1130. The number of carbonyl (C=O) groups is 1. The van der Waals surface area contributed by atoms with E-state index in [1.165, 1.54) is 12.1 Å². The van der Waals surface area contributed by atoms with Gasteiger partial charge in [0.2, 0.25) is 0 Å². The Morgan fingerprint density at radius 2 is 1.64 bits per heavy atom. The third kappa shape index (κ3) is 3.40. The Morgan fingerprint density at radius 1 is 0.964 bits per heavy atom. The molecular weight excluding hydrogens is 354 g/mol. The number of aromatic nitrogens is 2. The van der Waals surface area contributed by atoms with Gasteiger partial charge in [-0.25, -0.2) is 0 Å². The van der Waals surface area contributed by atoms with E-state index in [-0.39, 0.29) is 23.9 Å². The lowest BCUT2D eigenvalue weighted by Gasteiger charge is -2.19. The van der Waals surface area contributed by atoms with E-state index in [4.69, 9.17) is 0 Å². The molecule has 1 unspecified atom stereocenters. The SMILES string of the molecule is O=C(CC(c1ccc([N+](=O)[O-])cc1)n1ncc2ccccc21)c1ccccc1. The van der Waals surface area contributed by atoms with E-state index >= 15 is 0 Å². The van der Waals surface area contributed by atoms with Crippen LogP contribution in [-0.4, -0.2) is 20.5 Å². The van der Waals surface area contributed by atoms with Crippen molar-refractivity contribution >= 4 is 22.4 Å². The van der Waals surface area contributed by atoms with Gasteiger partial charge in [-0.2, -0.15) is 5.10 Å². The summed E-state index contributed by atoms with van der Waals surface area (Å²) in [6.45, 7) is 0. The van der Waals surface area contributed by atoms with Crippen LogP contribution < -0.4 is 0 Å². The number of Topliss-reactive ketones (excluding diaryl/α,β-unsaturated/α-hetero) is 1. The number of para-hydroxylation sites is 1. The zero-order valence-corrected chi connectivity index (χ0v) is 14.9. The molecule has 138 valence electrons. The van der Waals surface area contributed by atoms with Gasteiger partial charge in [-0.3, -0.25) is 19.6 Å². The molecule has 28 heavy (non-hydrogen) atoms. The molecule has 0 amide bonds. The normalized spacial score (nSPS) is 12.0. The van der Waals surface area contributed by atoms with Crippen molar-refractivity contribution in [1.29, 1.82) is 0 Å². The van der Waals surface area contributed by atoms with E-state index in [1.54, 1.807) is 30.5 Å². The molecule has 1 atom stereocenters. The molecule has 0 saturated heterocycles. The third-order valence-corrected chi connectivity index (χ3v) is 4.76. The van der Waals surface area contributed by atoms with Crippen LogP contribution in [0.2, 0.25) is 0 Å². The van der Waals surface area contributed by atoms with Crippen LogP contribution in [0.3, 0.4) is 0 Å². The lowest BCUT2D eigenvalue weighted by molar-refractivity contribution is -0.384. The summed E-state index contributed by atoms with van der Waals surface area (Å²) in [4.78, 5) is 23.4. The van der Waals surface area contributed by atoms with E-state index < -0.39 is 4.92 Å². The Hall–Kier alpha value is -3.80. The number of rotatable bonds is 6. The minimum atomic E-state index is -0.433. The summed E-state index contributed by atoms with van der Waals surface area (Å²) in [6, 6.07) is 22.8. The lowest BCUT2D eigenvalue weighted by atomic mass is 9.97. The van der Waals surface area contributed by atoms with Crippen molar-refractivity contribution in [2.45, 2.75) is 12.5 Å². The lowest BCUT2D eigenvalue weighted by Crippen LogP contribution is -2.17. The van der Waals surface area contributed by atoms with Crippen LogP contribution in [0.15, 0.2) is 85.1 Å². The highest BCUT2D eigenvalue weighted by atomic mass is 16.6. The van der Waals surface area contributed by atoms with Crippen LogP contribution in [0, 0.1) is 10.1 Å². The molecule has 0 radical (unpaired) electrons. The van der Waals surface area contributed by atoms with Crippen molar-refractivity contribution in [1.82, 2.24) is 9.78 Å². The number of benzene rings is 3. The van der Waals surface area contributed by atoms with E-state index in [9.17, 15) is 14.9 Å². The van der Waals surface area contributed by atoms with Crippen LogP contribution in [0.1, 0.15) is 28.4 Å². The molecule has 6 nitrogen and oxygen atoms in total. The van der Waals surface area contributed by atoms with E-state index in [2.05, 4.69) is 5.10 Å². The molecule has 0 N–H and O–H groups in total. The first-order valence-electron chi connectivity index (χ1n) is 8.88. The average Bonchev–Trinajstić information content (AvgIpc) is 3.16. The fraction of sp³-hybridized carbons (Fsp3) is 0.0909. The van der Waals surface area contributed by atoms with Crippen molar-refractivity contribution in [3.05, 3.63) is 106 Å². The maximum absolute atomic E-state index is 12.9. The molecule has 0 aliphatic heterocycles. The number of nitro groups is 1. The Kier molecular flexibility index (Phi) is 4.68. The number of ketones is 1. The second-order valence-corrected chi connectivity index (χ2v) is 6.51. The highest BCUT2D eigenvalue weighted by Crippen LogP contribution is 2.29. The number of nitrogens with zero attached hydrogens (tertiary/aromatic N) is 3. The molecule has 0 spiro atoms. The highest BCUT2D eigenvalue weighted by Gasteiger charge is 2.22. The van der Waals surface area contributed by atoms with Crippen LogP contribution >= 0.6 is 0 Å². The van der Waals surface area contributed by atoms with Gasteiger partial charge in [0.05, 0.1) is 22.7 Å². The fourth-order valence-corrected chi connectivity index (χ4v) is 3.32. The molecular formula is C22H17N3O3. The quantitative estimate of drug-likeness (QED) is 0.277. The zero-order chi connectivity index (χ0) is 19.5. The smallest absolute Gasteiger partial charge is 0.269 e. The third-order valence-electron chi connectivity index (χ3n) is 4.76. The summed E-state index contributed by atoms with van der Waals surface area (Å²) in [6.07, 6.45) is 1.97. The van der Waals surface area contributed by atoms with Gasteiger partial charge in [0, 0.05) is 29.5 Å². The van der Waals surface area contributed by atoms with Gasteiger partial charge in [0.15, 0.2) is 5.78 Å². The maximum atomic E-state index is 12.9. The summed E-state index contributed by atoms with van der Waals surface area (Å²) in [5.74, 6) is -0.0106. The number of carbonyl (C=O) groups excluding carboxylic acids is 1. The van der Waals surface area contributed by atoms with Crippen LogP contribution in [0.25, 0.3) is 10.9 Å². The summed E-state index contributed by atoms with van der Waals surface area (Å²) < 4.78 is 1.82. The van der Waals surface area contributed by atoms with Gasteiger partial charge in [0.25, 0.3) is 5.69 Å². The number of non-ortho nitro benzene ring substituents is 1. The van der Waals surface area contributed by atoms with Crippen LogP contribution in [-0.2, 0) is 0 Å². The largest absolute Gasteiger partial charge is 0.294 e. The van der Waals surface area contributed by atoms with Gasteiger partial charge >= 0.3 is 0 Å². The molecule has 4 aromatic rings. The van der Waals surface area contributed by atoms with Gasteiger partial charge in [-0.1, -0.05) is 60.7 Å². The molecule has 4 rings (SSSR count). The standard InChI is InChI=1S/C22H17N3O3/c26-22(17-6-2-1-3-7-17)14-21(16-10-12-19(13-11-16)25(27)28)24-20-9-5-4-8-18(20)15-23-24/h1-13,15,21H,14H2.